The molecule has 1 nitrogen and oxygen atoms in total. The van der Waals surface area contributed by atoms with Gasteiger partial charge in [-0.15, -0.1) is 0 Å². The van der Waals surface area contributed by atoms with Crippen molar-refractivity contribution in [1.82, 2.24) is 0 Å². The maximum Gasteiger partial charge on any atom is 0.506 e. The van der Waals surface area contributed by atoms with Crippen LogP contribution in [0.3, 0.4) is 0 Å². The van der Waals surface area contributed by atoms with Gasteiger partial charge in [-0.05, 0) is 13.0 Å². The first kappa shape index (κ1) is 9.05. The highest BCUT2D eigenvalue weighted by Crippen LogP contribution is 2.00. The number of benzene rings is 1. The number of hydrogen-bond acceptors (Lipinski definition) is 1. The molecular weight excluding hydrogens is 214 g/mol. The van der Waals surface area contributed by atoms with E-state index in [2.05, 4.69) is 25.0 Å². The van der Waals surface area contributed by atoms with Crippen molar-refractivity contribution in [3.05, 3.63) is 29.3 Å². The molecule has 0 aromatic heterocycles. The molecule has 0 radical (unpaired) electrons. The van der Waals surface area contributed by atoms with Crippen molar-refractivity contribution in [2.45, 2.75) is 6.92 Å². The highest BCUT2D eigenvalue weighted by atomic mass is 79.9. The average Bonchev–Trinajstić information content (AvgIpc) is 2.03. The number of halogens is 1. The number of nitriles is 1. The maximum atomic E-state index is 8.63. The predicted molar refractivity (Wildman–Crippen MR) is 50.2 cm³/mol. The summed E-state index contributed by atoms with van der Waals surface area (Å²) in [5.74, 6) is 0. The lowest BCUT2D eigenvalue weighted by Crippen LogP contribution is -2.08. The van der Waals surface area contributed by atoms with Crippen LogP contribution in [0.1, 0.15) is 11.1 Å². The zero-order valence-electron chi connectivity index (χ0n) is 6.26. The first-order valence-corrected chi connectivity index (χ1v) is 7.93. The van der Waals surface area contributed by atoms with E-state index >= 15 is 0 Å². The Hall–Kier alpha value is -0.0438. The second-order valence-electron chi connectivity index (χ2n) is 2.45. The van der Waals surface area contributed by atoms with Crippen LogP contribution >= 0.6 is 12.9 Å². The van der Waals surface area contributed by atoms with Crippen LogP contribution in [0.25, 0.3) is 0 Å². The van der Waals surface area contributed by atoms with E-state index in [1.807, 2.05) is 19.1 Å². The molecule has 0 fully saturated rings. The van der Waals surface area contributed by atoms with Crippen molar-refractivity contribution in [1.29, 1.82) is 5.26 Å². The Labute approximate surface area is 82.0 Å². The smallest absolute Gasteiger partial charge is 0.296 e. The van der Waals surface area contributed by atoms with Gasteiger partial charge < -0.3 is 0 Å². The number of aryl methyl sites for hydroxylation is 1. The lowest BCUT2D eigenvalue weighted by Gasteiger charge is -1.98. The molecule has 0 heterocycles. The predicted octanol–water partition coefficient (Wildman–Crippen LogP) is 1.51. The molecule has 3 heteroatoms. The van der Waals surface area contributed by atoms with Crippen LogP contribution in [0.15, 0.2) is 18.2 Å². The van der Waals surface area contributed by atoms with Gasteiger partial charge in [0.05, 0.1) is 11.6 Å². The Bertz CT molecular complexity index is 303. The molecule has 1 rings (SSSR count). The monoisotopic (exact) mass is 219 g/mol. The molecule has 1 aromatic rings. The molecule has 0 bridgehead atoms. The fourth-order valence-electron chi connectivity index (χ4n) is 1.00. The normalized spacial score (nSPS) is 8.45. The molecule has 52 valence electrons. The minimum atomic E-state index is -0.299. The van der Waals surface area contributed by atoms with Crippen molar-refractivity contribution in [3.63, 3.8) is 0 Å². The summed E-state index contributed by atoms with van der Waals surface area (Å²) < 4.78 is 1.29. The molecule has 0 unspecified atom stereocenters. The van der Waals surface area contributed by atoms with Crippen molar-refractivity contribution in [2.75, 3.05) is 0 Å². The molecule has 0 aliphatic carbocycles. The minimum absolute atomic E-state index is 0.299. The lowest BCUT2D eigenvalue weighted by molar-refractivity contribution is 1.44. The SMILES string of the molecule is Cc1cc(C#N)c[c]([Mg][Br])c1. The Morgan fingerprint density at radius 3 is 2.73 bits per heavy atom. The van der Waals surface area contributed by atoms with Gasteiger partial charge in [0.2, 0.25) is 0 Å². The Morgan fingerprint density at radius 1 is 1.45 bits per heavy atom. The topological polar surface area (TPSA) is 23.8 Å². The van der Waals surface area contributed by atoms with E-state index in [9.17, 15) is 0 Å². The summed E-state index contributed by atoms with van der Waals surface area (Å²) in [6.07, 6.45) is 0. The average molecular weight is 220 g/mol. The van der Waals surface area contributed by atoms with Gasteiger partial charge in [-0.25, -0.2) is 0 Å². The van der Waals surface area contributed by atoms with E-state index < -0.39 is 0 Å². The van der Waals surface area contributed by atoms with E-state index in [4.69, 9.17) is 5.26 Å². The van der Waals surface area contributed by atoms with E-state index in [1.165, 1.54) is 9.26 Å². The quantitative estimate of drug-likeness (QED) is 0.658. The summed E-state index contributed by atoms with van der Waals surface area (Å²) in [6.45, 7) is 2.02. The zero-order chi connectivity index (χ0) is 8.27. The first-order valence-electron chi connectivity index (χ1n) is 3.33. The van der Waals surface area contributed by atoms with E-state index in [0.717, 1.165) is 5.56 Å². The van der Waals surface area contributed by atoms with Crippen molar-refractivity contribution in [3.8, 4) is 6.07 Å². The molecule has 0 N–H and O–H groups in total. The summed E-state index contributed by atoms with van der Waals surface area (Å²) in [5.41, 5.74) is 1.94. The van der Waals surface area contributed by atoms with Gasteiger partial charge in [0.25, 0.3) is 0 Å². The number of nitrogens with zero attached hydrogens (tertiary/aromatic N) is 1. The number of hydrogen-bond donors (Lipinski definition) is 0. The van der Waals surface area contributed by atoms with E-state index in [-0.39, 0.29) is 18.2 Å². The molecule has 1 aromatic carbocycles. The van der Waals surface area contributed by atoms with E-state index in [1.54, 1.807) is 0 Å². The minimum Gasteiger partial charge on any atom is -0.296 e. The summed E-state index contributed by atoms with van der Waals surface area (Å²) >= 11 is 3.19. The second-order valence-corrected chi connectivity index (χ2v) is 5.22. The van der Waals surface area contributed by atoms with Crippen LogP contribution in [0.4, 0.5) is 0 Å². The largest absolute Gasteiger partial charge is 0.506 e. The molecule has 0 saturated heterocycles. The van der Waals surface area contributed by atoms with Gasteiger partial charge in [0, 0.05) is 0 Å². The van der Waals surface area contributed by atoms with Gasteiger partial charge in [0.15, 0.2) is 0 Å². The molecule has 0 saturated carbocycles. The molecule has 0 amide bonds. The summed E-state index contributed by atoms with van der Waals surface area (Å²) in [7, 11) is 0. The van der Waals surface area contributed by atoms with Crippen LogP contribution in [0.5, 0.6) is 0 Å². The third-order valence-corrected chi connectivity index (χ3v) is 4.08. The van der Waals surface area contributed by atoms with Crippen LogP contribution in [0, 0.1) is 18.3 Å². The highest BCUT2D eigenvalue weighted by Gasteiger charge is 1.98. The summed E-state index contributed by atoms with van der Waals surface area (Å²) in [6, 6.07) is 8.13. The maximum absolute atomic E-state index is 8.63. The van der Waals surface area contributed by atoms with Gasteiger partial charge >= 0.3 is 18.2 Å². The molecule has 0 aliphatic rings. The Morgan fingerprint density at radius 2 is 2.18 bits per heavy atom. The fourth-order valence-corrected chi connectivity index (χ4v) is 2.67. The molecular formula is C8H6BrMgN. The third kappa shape index (κ3) is 2.48. The van der Waals surface area contributed by atoms with Gasteiger partial charge in [-0.3, -0.25) is 12.9 Å². The molecule has 0 atom stereocenters. The van der Waals surface area contributed by atoms with Crippen LogP contribution in [0.2, 0.25) is 0 Å². The second kappa shape index (κ2) is 4.10. The molecule has 0 aliphatic heterocycles. The van der Waals surface area contributed by atoms with Gasteiger partial charge in [-0.2, -0.15) is 8.95 Å². The Balaban J connectivity index is 3.15. The lowest BCUT2D eigenvalue weighted by atomic mass is 10.1. The van der Waals surface area contributed by atoms with Crippen molar-refractivity contribution in [2.24, 2.45) is 0 Å². The Kier molecular flexibility index (Phi) is 3.37. The van der Waals surface area contributed by atoms with Crippen LogP contribution in [-0.4, -0.2) is 18.2 Å². The third-order valence-electron chi connectivity index (χ3n) is 1.42. The number of rotatable bonds is 1. The molecule has 0 spiro atoms. The highest BCUT2D eigenvalue weighted by molar-refractivity contribution is 9.23. The van der Waals surface area contributed by atoms with Gasteiger partial charge in [-0.1, -0.05) is 17.7 Å². The van der Waals surface area contributed by atoms with E-state index in [0.29, 0.717) is 0 Å². The zero-order valence-corrected chi connectivity index (χ0v) is 9.26. The van der Waals surface area contributed by atoms with Crippen molar-refractivity contribution >= 4 is 34.8 Å². The standard InChI is InChI=1S/C8H6N.BrH.Mg/c1-7-3-2-4-8(5-7)6-9;;/h3-5H,1H3;1H;/q;;+1/p-1. The van der Waals surface area contributed by atoms with Crippen molar-refractivity contribution < 1.29 is 0 Å². The van der Waals surface area contributed by atoms with Crippen LogP contribution < -0.4 is 3.69 Å². The summed E-state index contributed by atoms with van der Waals surface area (Å²) in [4.78, 5) is 0. The first-order chi connectivity index (χ1) is 5.26. The fraction of sp³-hybridized carbons (Fsp3) is 0.125. The van der Waals surface area contributed by atoms with Gasteiger partial charge in [0.1, 0.15) is 0 Å². The molecule has 11 heavy (non-hydrogen) atoms. The van der Waals surface area contributed by atoms with Crippen LogP contribution in [-0.2, 0) is 0 Å². The summed E-state index contributed by atoms with van der Waals surface area (Å²) in [5, 5.41) is 8.63.